The Hall–Kier alpha value is -6.98. The molecule has 2 atom stereocenters. The van der Waals surface area contributed by atoms with Crippen LogP contribution in [0, 0.1) is 5.92 Å². The van der Waals surface area contributed by atoms with Gasteiger partial charge >= 0.3 is 0 Å². The van der Waals surface area contributed by atoms with Crippen LogP contribution in [-0.4, -0.2) is 16.1 Å². The molecule has 0 N–H and O–H groups in total. The van der Waals surface area contributed by atoms with E-state index in [0.29, 0.717) is 11.6 Å². The van der Waals surface area contributed by atoms with Crippen LogP contribution in [0.25, 0.3) is 61.5 Å². The molecule has 0 saturated carbocycles. The number of rotatable bonds is 7. The minimum Gasteiger partial charge on any atom is -0.485 e. The first-order valence-corrected chi connectivity index (χ1v) is 17.9. The smallest absolute Gasteiger partial charge is 0.247 e. The summed E-state index contributed by atoms with van der Waals surface area (Å²) >= 11 is 0. The van der Waals surface area contributed by atoms with E-state index in [2.05, 4.69) is 173 Å². The van der Waals surface area contributed by atoms with Gasteiger partial charge in [-0.2, -0.15) is 0 Å². The van der Waals surface area contributed by atoms with Crippen LogP contribution in [-0.2, 0) is 4.74 Å². The lowest BCUT2D eigenvalue weighted by Crippen LogP contribution is -2.13. The lowest BCUT2D eigenvalue weighted by atomic mass is 9.96. The van der Waals surface area contributed by atoms with E-state index in [4.69, 9.17) is 9.15 Å². The maximum Gasteiger partial charge on any atom is 0.247 e. The van der Waals surface area contributed by atoms with Crippen molar-refractivity contribution in [2.75, 3.05) is 4.90 Å². The molecule has 10 rings (SSSR count). The van der Waals surface area contributed by atoms with Crippen molar-refractivity contribution in [3.05, 3.63) is 194 Å². The zero-order valence-electron chi connectivity index (χ0n) is 28.7. The highest BCUT2D eigenvalue weighted by atomic mass is 16.5. The number of allylic oxidation sites excluding steroid dienone is 2. The molecule has 5 heteroatoms. The number of hydrogen-bond donors (Lipinski definition) is 0. The number of pyridine rings is 1. The fourth-order valence-electron chi connectivity index (χ4n) is 7.39. The second-order valence-electron chi connectivity index (χ2n) is 13.4. The van der Waals surface area contributed by atoms with Crippen LogP contribution in [0.1, 0.15) is 5.56 Å². The highest BCUT2D eigenvalue weighted by Gasteiger charge is 2.27. The molecule has 0 spiro atoms. The van der Waals surface area contributed by atoms with E-state index >= 15 is 0 Å². The molecule has 8 aromatic rings. The van der Waals surface area contributed by atoms with E-state index in [9.17, 15) is 0 Å². The molecule has 0 radical (unpaired) electrons. The van der Waals surface area contributed by atoms with Crippen molar-refractivity contribution < 1.29 is 9.15 Å². The molecule has 0 fully saturated rings. The lowest BCUT2D eigenvalue weighted by Gasteiger charge is -2.26. The number of ether oxygens (including phenoxy) is 1. The van der Waals surface area contributed by atoms with Gasteiger partial charge in [0, 0.05) is 40.3 Å². The van der Waals surface area contributed by atoms with Crippen molar-refractivity contribution in [3.8, 4) is 33.7 Å². The van der Waals surface area contributed by atoms with Crippen molar-refractivity contribution >= 4 is 44.8 Å². The second-order valence-corrected chi connectivity index (χ2v) is 13.4. The first-order chi connectivity index (χ1) is 26.2. The summed E-state index contributed by atoms with van der Waals surface area (Å²) in [5.74, 6) is 1.74. The number of aromatic nitrogens is 2. The van der Waals surface area contributed by atoms with Gasteiger partial charge in [0.15, 0.2) is 0 Å². The summed E-state index contributed by atoms with van der Waals surface area (Å²) in [5, 5.41) is 2.51. The summed E-state index contributed by atoms with van der Waals surface area (Å²) in [4.78, 5) is 11.2. The largest absolute Gasteiger partial charge is 0.485 e. The zero-order chi connectivity index (χ0) is 35.1. The Morgan fingerprint density at radius 1 is 0.528 bits per heavy atom. The summed E-state index contributed by atoms with van der Waals surface area (Å²) in [6.45, 7) is 0. The lowest BCUT2D eigenvalue weighted by molar-refractivity contribution is 0.213. The van der Waals surface area contributed by atoms with E-state index in [1.54, 1.807) is 6.20 Å². The molecular formula is C48H33N3O2. The van der Waals surface area contributed by atoms with E-state index in [1.165, 1.54) is 27.5 Å². The van der Waals surface area contributed by atoms with Crippen LogP contribution in [0.4, 0.5) is 17.1 Å². The third-order valence-electron chi connectivity index (χ3n) is 10.1. The highest BCUT2D eigenvalue weighted by molar-refractivity contribution is 5.97. The van der Waals surface area contributed by atoms with Gasteiger partial charge in [0.05, 0.1) is 0 Å². The molecule has 0 saturated heterocycles. The monoisotopic (exact) mass is 683 g/mol. The Labute approximate surface area is 307 Å². The number of hydrogen-bond acceptors (Lipinski definition) is 5. The van der Waals surface area contributed by atoms with Crippen molar-refractivity contribution in [3.63, 3.8) is 0 Å². The van der Waals surface area contributed by atoms with E-state index in [1.807, 2.05) is 24.3 Å². The average molecular weight is 684 g/mol. The fourth-order valence-corrected chi connectivity index (χ4v) is 7.39. The van der Waals surface area contributed by atoms with Gasteiger partial charge in [-0.15, -0.1) is 0 Å². The van der Waals surface area contributed by atoms with Gasteiger partial charge in [0.25, 0.3) is 0 Å². The second kappa shape index (κ2) is 13.0. The first-order valence-electron chi connectivity index (χ1n) is 17.9. The van der Waals surface area contributed by atoms with Gasteiger partial charge in [0.2, 0.25) is 11.6 Å². The molecular weight excluding hydrogens is 651 g/mol. The van der Waals surface area contributed by atoms with Gasteiger partial charge in [0.1, 0.15) is 17.4 Å². The molecule has 53 heavy (non-hydrogen) atoms. The van der Waals surface area contributed by atoms with Crippen LogP contribution in [0.3, 0.4) is 0 Å². The van der Waals surface area contributed by atoms with Crippen LogP contribution >= 0.6 is 0 Å². The summed E-state index contributed by atoms with van der Waals surface area (Å²) in [7, 11) is 0. The molecule has 0 bridgehead atoms. The standard InChI is InChI=1S/C48H33N3O2/c1-3-10-42-34(7-1)9-5-11-43(42)35-16-14-32(15-17-35)33-18-24-39(25-19-33)51(40-26-20-36(21-27-40)46-31-38-8-2-4-13-45(38)52-46)41-28-22-37(23-29-41)47-50-44-12-6-30-49-48(44)53-47/h1-31,38,45H. The SMILES string of the molecule is C1=CC2C=C(c3ccc(N(c4ccc(-c5ccc(-c6cccc7ccccc67)cc5)cc4)c4ccc(-c5nc6cccnc6o5)cc4)cc3)OC2C=C1. The van der Waals surface area contributed by atoms with Crippen molar-refractivity contribution in [1.29, 1.82) is 0 Å². The van der Waals surface area contributed by atoms with Gasteiger partial charge in [-0.25, -0.2) is 9.97 Å². The van der Waals surface area contributed by atoms with Gasteiger partial charge in [-0.3, -0.25) is 0 Å². The minimum absolute atomic E-state index is 0.0645. The van der Waals surface area contributed by atoms with Crippen LogP contribution in [0.15, 0.2) is 193 Å². The Bertz CT molecular complexity index is 2650. The van der Waals surface area contributed by atoms with Crippen LogP contribution in [0.2, 0.25) is 0 Å². The minimum atomic E-state index is 0.0645. The molecule has 6 aromatic carbocycles. The number of fused-ring (bicyclic) bond motifs is 3. The highest BCUT2D eigenvalue weighted by Crippen LogP contribution is 2.39. The maximum absolute atomic E-state index is 6.29. The normalized spacial score (nSPS) is 16.0. The average Bonchev–Trinajstić information content (AvgIpc) is 3.87. The third kappa shape index (κ3) is 5.78. The molecule has 0 amide bonds. The van der Waals surface area contributed by atoms with Crippen molar-refractivity contribution in [1.82, 2.24) is 9.97 Å². The van der Waals surface area contributed by atoms with Gasteiger partial charge in [-0.05, 0) is 118 Å². The Balaban J connectivity index is 0.970. The summed E-state index contributed by atoms with van der Waals surface area (Å²) in [6.07, 6.45) is 12.4. The Morgan fingerprint density at radius 3 is 1.87 bits per heavy atom. The molecule has 2 unspecified atom stereocenters. The van der Waals surface area contributed by atoms with Gasteiger partial charge in [-0.1, -0.05) is 97.1 Å². The zero-order valence-corrected chi connectivity index (χ0v) is 28.7. The Kier molecular flexibility index (Phi) is 7.54. The molecule has 2 aliphatic rings. The Morgan fingerprint density at radius 2 is 1.15 bits per heavy atom. The van der Waals surface area contributed by atoms with Crippen LogP contribution in [0.5, 0.6) is 0 Å². The van der Waals surface area contributed by atoms with Gasteiger partial charge < -0.3 is 14.1 Å². The number of oxazole rings is 1. The molecule has 1 aliphatic heterocycles. The van der Waals surface area contributed by atoms with E-state index in [-0.39, 0.29) is 12.0 Å². The predicted molar refractivity (Wildman–Crippen MR) is 215 cm³/mol. The molecule has 2 aromatic heterocycles. The molecule has 252 valence electrons. The maximum atomic E-state index is 6.29. The van der Waals surface area contributed by atoms with E-state index in [0.717, 1.165) is 45.0 Å². The predicted octanol–water partition coefficient (Wildman–Crippen LogP) is 12.3. The molecule has 5 nitrogen and oxygen atoms in total. The van der Waals surface area contributed by atoms with Crippen molar-refractivity contribution in [2.24, 2.45) is 5.92 Å². The summed E-state index contributed by atoms with van der Waals surface area (Å²) < 4.78 is 12.3. The van der Waals surface area contributed by atoms with Crippen LogP contribution < -0.4 is 4.90 Å². The fraction of sp³-hybridized carbons (Fsp3) is 0.0417. The third-order valence-corrected chi connectivity index (χ3v) is 10.1. The number of anilines is 3. The molecule has 1 aliphatic carbocycles. The first kappa shape index (κ1) is 30.8. The number of nitrogens with zero attached hydrogens (tertiary/aromatic N) is 3. The topological polar surface area (TPSA) is 51.4 Å². The molecule has 3 heterocycles. The summed E-state index contributed by atoms with van der Waals surface area (Å²) in [6, 6.07) is 53.4. The quantitative estimate of drug-likeness (QED) is 0.167. The number of benzene rings is 6. The van der Waals surface area contributed by atoms with E-state index < -0.39 is 0 Å². The summed E-state index contributed by atoms with van der Waals surface area (Å²) in [5.41, 5.74) is 11.1. The van der Waals surface area contributed by atoms with Crippen molar-refractivity contribution in [2.45, 2.75) is 6.10 Å².